The number of aromatic amines is 2. The van der Waals surface area contributed by atoms with Gasteiger partial charge in [-0.3, -0.25) is 19.4 Å². The molecular formula is C14H20N4O4. The van der Waals surface area contributed by atoms with Gasteiger partial charge in [-0.15, -0.1) is 0 Å². The molecule has 120 valence electrons. The Bertz CT molecular complexity index is 678. The minimum atomic E-state index is -0.705. The van der Waals surface area contributed by atoms with Crippen molar-refractivity contribution in [1.82, 2.24) is 20.2 Å². The van der Waals surface area contributed by atoms with Gasteiger partial charge in [0.1, 0.15) is 5.56 Å². The molecule has 0 radical (unpaired) electrons. The molecule has 2 atom stereocenters. The van der Waals surface area contributed by atoms with Gasteiger partial charge in [-0.25, -0.2) is 4.79 Å². The van der Waals surface area contributed by atoms with Gasteiger partial charge in [0, 0.05) is 26.2 Å². The maximum absolute atomic E-state index is 12.4. The summed E-state index contributed by atoms with van der Waals surface area (Å²) in [7, 11) is 0. The lowest BCUT2D eigenvalue weighted by Crippen LogP contribution is -2.40. The third-order valence-corrected chi connectivity index (χ3v) is 3.83. The van der Waals surface area contributed by atoms with Crippen LogP contribution in [0.25, 0.3) is 0 Å². The Hall–Kier alpha value is -2.38. The Balaban J connectivity index is 2.18. The van der Waals surface area contributed by atoms with Crippen LogP contribution in [0.5, 0.6) is 0 Å². The zero-order chi connectivity index (χ0) is 16.3. The molecule has 0 aromatic carbocycles. The highest BCUT2D eigenvalue weighted by molar-refractivity contribution is 5.93. The molecule has 1 aromatic heterocycles. The summed E-state index contributed by atoms with van der Waals surface area (Å²) in [5.74, 6) is -0.409. The largest absolute Gasteiger partial charge is 0.351 e. The fourth-order valence-corrected chi connectivity index (χ4v) is 2.86. The molecule has 1 aromatic rings. The van der Waals surface area contributed by atoms with Gasteiger partial charge in [0.05, 0.1) is 6.04 Å². The van der Waals surface area contributed by atoms with Crippen molar-refractivity contribution in [3.63, 3.8) is 0 Å². The van der Waals surface area contributed by atoms with Crippen molar-refractivity contribution in [2.45, 2.75) is 32.7 Å². The van der Waals surface area contributed by atoms with E-state index < -0.39 is 17.2 Å². The quantitative estimate of drug-likeness (QED) is 0.691. The van der Waals surface area contributed by atoms with Crippen LogP contribution in [0.1, 0.15) is 37.0 Å². The zero-order valence-electron chi connectivity index (χ0n) is 12.6. The Kier molecular flexibility index (Phi) is 4.79. The maximum Gasteiger partial charge on any atom is 0.325 e. The summed E-state index contributed by atoms with van der Waals surface area (Å²) in [4.78, 5) is 52.3. The molecule has 22 heavy (non-hydrogen) atoms. The average Bonchev–Trinajstić information content (AvgIpc) is 2.81. The molecule has 0 unspecified atom stereocenters. The Morgan fingerprint density at radius 3 is 2.68 bits per heavy atom. The van der Waals surface area contributed by atoms with E-state index in [1.54, 1.807) is 4.90 Å². The molecule has 0 spiro atoms. The summed E-state index contributed by atoms with van der Waals surface area (Å²) in [6.07, 6.45) is 2.96. The number of hydrogen-bond acceptors (Lipinski definition) is 4. The van der Waals surface area contributed by atoms with Crippen molar-refractivity contribution < 1.29 is 9.59 Å². The molecule has 1 aliphatic rings. The average molecular weight is 308 g/mol. The number of likely N-dealkylation sites (tertiary alicyclic amines) is 1. The van der Waals surface area contributed by atoms with E-state index >= 15 is 0 Å². The van der Waals surface area contributed by atoms with Gasteiger partial charge in [0.2, 0.25) is 5.91 Å². The van der Waals surface area contributed by atoms with Gasteiger partial charge in [-0.2, -0.15) is 0 Å². The van der Waals surface area contributed by atoms with Crippen LogP contribution in [0.2, 0.25) is 0 Å². The van der Waals surface area contributed by atoms with Crippen LogP contribution in [-0.2, 0) is 4.79 Å². The minimum absolute atomic E-state index is 0.0988. The molecule has 1 fully saturated rings. The van der Waals surface area contributed by atoms with Crippen LogP contribution in [0.4, 0.5) is 0 Å². The molecule has 2 heterocycles. The first-order chi connectivity index (χ1) is 10.4. The summed E-state index contributed by atoms with van der Waals surface area (Å²) in [5.41, 5.74) is -1.45. The smallest absolute Gasteiger partial charge is 0.325 e. The second-order valence-corrected chi connectivity index (χ2v) is 5.55. The molecule has 2 rings (SSSR count). The number of amides is 2. The number of carbonyl (C=O) groups excluding carboxylic acids is 2. The first-order valence-electron chi connectivity index (χ1n) is 7.30. The van der Waals surface area contributed by atoms with Crippen molar-refractivity contribution >= 4 is 11.8 Å². The Labute approximate surface area is 126 Å². The lowest BCUT2D eigenvalue weighted by Gasteiger charge is -2.17. The van der Waals surface area contributed by atoms with Gasteiger partial charge in [0.25, 0.3) is 11.5 Å². The van der Waals surface area contributed by atoms with Gasteiger partial charge < -0.3 is 15.2 Å². The monoisotopic (exact) mass is 308 g/mol. The molecular weight excluding hydrogens is 288 g/mol. The summed E-state index contributed by atoms with van der Waals surface area (Å²) in [6.45, 7) is 4.33. The number of nitrogens with zero attached hydrogens (tertiary/aromatic N) is 1. The minimum Gasteiger partial charge on any atom is -0.351 e. The second-order valence-electron chi connectivity index (χ2n) is 5.55. The van der Waals surface area contributed by atoms with E-state index in [4.69, 9.17) is 0 Å². The third-order valence-electron chi connectivity index (χ3n) is 3.83. The highest BCUT2D eigenvalue weighted by atomic mass is 16.2. The van der Waals surface area contributed by atoms with Crippen LogP contribution in [0.15, 0.2) is 15.8 Å². The molecule has 8 nitrogen and oxygen atoms in total. The van der Waals surface area contributed by atoms with Crippen molar-refractivity contribution in [2.75, 3.05) is 13.1 Å². The molecule has 1 aliphatic heterocycles. The lowest BCUT2D eigenvalue weighted by molar-refractivity contribution is -0.119. The van der Waals surface area contributed by atoms with E-state index in [2.05, 4.69) is 10.3 Å². The molecule has 0 bridgehead atoms. The van der Waals surface area contributed by atoms with E-state index in [-0.39, 0.29) is 23.4 Å². The third kappa shape index (κ3) is 3.44. The van der Waals surface area contributed by atoms with Crippen molar-refractivity contribution in [3.05, 3.63) is 32.6 Å². The first kappa shape index (κ1) is 16.0. The molecule has 8 heteroatoms. The van der Waals surface area contributed by atoms with Crippen molar-refractivity contribution in [1.29, 1.82) is 0 Å². The molecule has 0 aliphatic carbocycles. The van der Waals surface area contributed by atoms with Crippen LogP contribution in [0.3, 0.4) is 0 Å². The fourth-order valence-electron chi connectivity index (χ4n) is 2.86. The predicted octanol–water partition coefficient (Wildman–Crippen LogP) is -0.560. The van der Waals surface area contributed by atoms with Crippen LogP contribution >= 0.6 is 0 Å². The van der Waals surface area contributed by atoms with Crippen LogP contribution in [0, 0.1) is 5.92 Å². The molecule has 3 N–H and O–H groups in total. The van der Waals surface area contributed by atoms with Crippen molar-refractivity contribution in [2.24, 2.45) is 5.92 Å². The van der Waals surface area contributed by atoms with E-state index in [1.807, 2.05) is 11.9 Å². The SMILES string of the molecule is CCC[C@@H]1CN(C(=O)c2c[nH]c(=O)[nH]c2=O)C[C@H]1NC(C)=O. The van der Waals surface area contributed by atoms with E-state index in [0.717, 1.165) is 19.0 Å². The standard InChI is InChI=1S/C14H20N4O4/c1-3-4-9-6-18(7-11(9)16-8(2)19)13(21)10-5-15-14(22)17-12(10)20/h5,9,11H,3-4,6-7H2,1-2H3,(H,16,19)(H2,15,17,20,22)/t9-,11-/m1/s1. The topological polar surface area (TPSA) is 115 Å². The van der Waals surface area contributed by atoms with Crippen LogP contribution in [-0.4, -0.2) is 45.8 Å². The number of carbonyl (C=O) groups is 2. The van der Waals surface area contributed by atoms with E-state index in [1.165, 1.54) is 6.92 Å². The van der Waals surface area contributed by atoms with Crippen molar-refractivity contribution in [3.8, 4) is 0 Å². The lowest BCUT2D eigenvalue weighted by atomic mass is 9.98. The molecule has 1 saturated heterocycles. The van der Waals surface area contributed by atoms with Gasteiger partial charge in [-0.1, -0.05) is 13.3 Å². The predicted molar refractivity (Wildman–Crippen MR) is 79.6 cm³/mol. The van der Waals surface area contributed by atoms with E-state index in [9.17, 15) is 19.2 Å². The number of aromatic nitrogens is 2. The van der Waals surface area contributed by atoms with E-state index in [0.29, 0.717) is 13.1 Å². The molecule has 0 saturated carbocycles. The highest BCUT2D eigenvalue weighted by Crippen LogP contribution is 2.22. The summed E-state index contributed by atoms with van der Waals surface area (Å²) < 4.78 is 0. The van der Waals surface area contributed by atoms with Crippen LogP contribution < -0.4 is 16.6 Å². The van der Waals surface area contributed by atoms with Gasteiger partial charge >= 0.3 is 5.69 Å². The second kappa shape index (κ2) is 6.59. The Morgan fingerprint density at radius 2 is 2.09 bits per heavy atom. The number of nitrogens with one attached hydrogen (secondary N) is 3. The first-order valence-corrected chi connectivity index (χ1v) is 7.30. The normalized spacial score (nSPS) is 20.9. The summed E-state index contributed by atoms with van der Waals surface area (Å²) in [6, 6.07) is -0.108. The molecule has 2 amide bonds. The summed E-state index contributed by atoms with van der Waals surface area (Å²) >= 11 is 0. The maximum atomic E-state index is 12.4. The summed E-state index contributed by atoms with van der Waals surface area (Å²) in [5, 5.41) is 2.86. The highest BCUT2D eigenvalue weighted by Gasteiger charge is 2.36. The number of rotatable bonds is 4. The van der Waals surface area contributed by atoms with Gasteiger partial charge in [-0.05, 0) is 12.3 Å². The van der Waals surface area contributed by atoms with Gasteiger partial charge in [0.15, 0.2) is 0 Å². The fraction of sp³-hybridized carbons (Fsp3) is 0.571. The number of hydrogen-bond donors (Lipinski definition) is 3. The zero-order valence-corrected chi connectivity index (χ0v) is 12.6. The number of H-pyrrole nitrogens is 2. The Morgan fingerprint density at radius 1 is 1.36 bits per heavy atom.